The fourth-order valence-electron chi connectivity index (χ4n) is 3.13. The molecule has 1 saturated heterocycles. The zero-order valence-corrected chi connectivity index (χ0v) is 15.4. The molecule has 1 fully saturated rings. The van der Waals surface area contributed by atoms with Gasteiger partial charge in [0.2, 0.25) is 5.91 Å². The second kappa shape index (κ2) is 8.52. The number of carboxylic acid groups (broad SMARTS) is 1. The molecule has 2 aromatic carbocycles. The molecule has 1 aliphatic heterocycles. The maximum atomic E-state index is 12.7. The van der Waals surface area contributed by atoms with Gasteiger partial charge in [-0.3, -0.25) is 9.69 Å². The van der Waals surface area contributed by atoms with E-state index in [2.05, 4.69) is 5.32 Å². The largest absolute Gasteiger partial charge is 0.478 e. The van der Waals surface area contributed by atoms with Gasteiger partial charge in [0, 0.05) is 37.6 Å². The highest BCUT2D eigenvalue weighted by molar-refractivity contribution is 5.93. The summed E-state index contributed by atoms with van der Waals surface area (Å²) in [5.74, 6) is -1.25. The summed E-state index contributed by atoms with van der Waals surface area (Å²) < 4.78 is 38.0. The second-order valence-electron chi connectivity index (χ2n) is 6.74. The van der Waals surface area contributed by atoms with Gasteiger partial charge in [-0.1, -0.05) is 0 Å². The lowest BCUT2D eigenvalue weighted by molar-refractivity contribution is -0.137. The number of rotatable bonds is 5. The Morgan fingerprint density at radius 1 is 0.931 bits per heavy atom. The number of aromatic carboxylic acids is 1. The van der Waals surface area contributed by atoms with Crippen LogP contribution in [0.2, 0.25) is 0 Å². The van der Waals surface area contributed by atoms with Crippen molar-refractivity contribution in [2.24, 2.45) is 0 Å². The molecule has 0 atom stereocenters. The summed E-state index contributed by atoms with van der Waals surface area (Å²) in [6, 6.07) is 11.0. The van der Waals surface area contributed by atoms with Crippen molar-refractivity contribution in [3.05, 3.63) is 59.7 Å². The van der Waals surface area contributed by atoms with Crippen LogP contribution in [-0.4, -0.2) is 54.6 Å². The Hall–Kier alpha value is -3.07. The molecule has 1 aliphatic rings. The van der Waals surface area contributed by atoms with Gasteiger partial charge in [-0.25, -0.2) is 4.79 Å². The Bertz CT molecular complexity index is 859. The average Bonchev–Trinajstić information content (AvgIpc) is 2.68. The first-order valence-electron chi connectivity index (χ1n) is 9.00. The molecule has 6 nitrogen and oxygen atoms in total. The monoisotopic (exact) mass is 407 g/mol. The summed E-state index contributed by atoms with van der Waals surface area (Å²) in [5, 5.41) is 11.6. The normalized spacial score (nSPS) is 15.2. The third kappa shape index (κ3) is 5.47. The van der Waals surface area contributed by atoms with Crippen LogP contribution in [-0.2, 0) is 11.0 Å². The fourth-order valence-corrected chi connectivity index (χ4v) is 3.13. The molecule has 29 heavy (non-hydrogen) atoms. The average molecular weight is 407 g/mol. The molecule has 0 aliphatic carbocycles. The molecule has 9 heteroatoms. The maximum Gasteiger partial charge on any atom is 0.416 e. The number of amides is 1. The van der Waals surface area contributed by atoms with Gasteiger partial charge in [0.15, 0.2) is 0 Å². The molecule has 2 aromatic rings. The Labute approximate surface area is 165 Å². The Kier molecular flexibility index (Phi) is 6.07. The summed E-state index contributed by atoms with van der Waals surface area (Å²) in [4.78, 5) is 27.0. The van der Waals surface area contributed by atoms with Crippen LogP contribution in [0.4, 0.5) is 24.5 Å². The number of hydrogen-bond acceptors (Lipinski definition) is 4. The van der Waals surface area contributed by atoms with E-state index in [-0.39, 0.29) is 18.0 Å². The van der Waals surface area contributed by atoms with Crippen LogP contribution < -0.4 is 10.2 Å². The van der Waals surface area contributed by atoms with Crippen LogP contribution in [0.3, 0.4) is 0 Å². The maximum absolute atomic E-state index is 12.7. The second-order valence-corrected chi connectivity index (χ2v) is 6.74. The van der Waals surface area contributed by atoms with Crippen molar-refractivity contribution in [2.45, 2.75) is 6.18 Å². The van der Waals surface area contributed by atoms with E-state index in [9.17, 15) is 22.8 Å². The van der Waals surface area contributed by atoms with E-state index < -0.39 is 17.7 Å². The van der Waals surface area contributed by atoms with Crippen molar-refractivity contribution < 1.29 is 27.9 Å². The summed E-state index contributed by atoms with van der Waals surface area (Å²) in [6.07, 6.45) is -4.35. The van der Waals surface area contributed by atoms with Gasteiger partial charge in [-0.05, 0) is 48.5 Å². The zero-order chi connectivity index (χ0) is 21.0. The predicted molar refractivity (Wildman–Crippen MR) is 102 cm³/mol. The van der Waals surface area contributed by atoms with Gasteiger partial charge >= 0.3 is 12.1 Å². The van der Waals surface area contributed by atoms with Crippen molar-refractivity contribution in [3.63, 3.8) is 0 Å². The van der Waals surface area contributed by atoms with E-state index in [1.807, 2.05) is 9.80 Å². The number of nitrogens with one attached hydrogen (secondary N) is 1. The molecule has 1 amide bonds. The fraction of sp³-hybridized carbons (Fsp3) is 0.300. The summed E-state index contributed by atoms with van der Waals surface area (Å²) >= 11 is 0. The van der Waals surface area contributed by atoms with E-state index in [0.717, 1.165) is 17.8 Å². The number of anilines is 2. The number of halogens is 3. The SMILES string of the molecule is O=C(CN1CCN(c2ccc(C(F)(F)F)cc2)CC1)Nc1ccc(C(=O)O)cc1. The molecule has 0 saturated carbocycles. The Balaban J connectivity index is 1.48. The summed E-state index contributed by atoms with van der Waals surface area (Å²) in [6.45, 7) is 2.60. The molecule has 2 N–H and O–H groups in total. The van der Waals surface area contributed by atoms with Crippen LogP contribution in [0, 0.1) is 0 Å². The minimum Gasteiger partial charge on any atom is -0.478 e. The molecule has 0 aromatic heterocycles. The van der Waals surface area contributed by atoms with Gasteiger partial charge in [0.1, 0.15) is 0 Å². The first kappa shape index (κ1) is 20.7. The Morgan fingerprint density at radius 2 is 1.52 bits per heavy atom. The lowest BCUT2D eigenvalue weighted by atomic mass is 10.1. The minimum absolute atomic E-state index is 0.141. The third-order valence-corrected chi connectivity index (χ3v) is 4.71. The summed E-state index contributed by atoms with van der Waals surface area (Å²) in [7, 11) is 0. The number of nitrogens with zero attached hydrogens (tertiary/aromatic N) is 2. The molecule has 3 rings (SSSR count). The van der Waals surface area contributed by atoms with Crippen molar-refractivity contribution in [1.29, 1.82) is 0 Å². The molecule has 0 radical (unpaired) electrons. The molecule has 1 heterocycles. The highest BCUT2D eigenvalue weighted by Gasteiger charge is 2.30. The molecular weight excluding hydrogens is 387 g/mol. The van der Waals surface area contributed by atoms with Gasteiger partial charge in [-0.2, -0.15) is 13.2 Å². The number of carboxylic acids is 1. The molecular formula is C20H20F3N3O3. The first-order chi connectivity index (χ1) is 13.7. The van der Waals surface area contributed by atoms with Crippen molar-refractivity contribution in [2.75, 3.05) is 42.9 Å². The number of hydrogen-bond donors (Lipinski definition) is 2. The molecule has 0 spiro atoms. The minimum atomic E-state index is -4.35. The van der Waals surface area contributed by atoms with Gasteiger partial charge in [-0.15, -0.1) is 0 Å². The van der Waals surface area contributed by atoms with E-state index >= 15 is 0 Å². The smallest absolute Gasteiger partial charge is 0.416 e. The van der Waals surface area contributed by atoms with Crippen LogP contribution in [0.25, 0.3) is 0 Å². The van der Waals surface area contributed by atoms with Crippen LogP contribution in [0.5, 0.6) is 0 Å². The lowest BCUT2D eigenvalue weighted by Gasteiger charge is -2.35. The topological polar surface area (TPSA) is 72.9 Å². The number of carbonyl (C=O) groups excluding carboxylic acids is 1. The molecule has 0 bridgehead atoms. The van der Waals surface area contributed by atoms with Crippen LogP contribution >= 0.6 is 0 Å². The van der Waals surface area contributed by atoms with Crippen molar-refractivity contribution in [3.8, 4) is 0 Å². The quantitative estimate of drug-likeness (QED) is 0.797. The van der Waals surface area contributed by atoms with Crippen LogP contribution in [0.1, 0.15) is 15.9 Å². The highest BCUT2D eigenvalue weighted by atomic mass is 19.4. The highest BCUT2D eigenvalue weighted by Crippen LogP contribution is 2.30. The number of alkyl halides is 3. The van der Waals surface area contributed by atoms with Crippen molar-refractivity contribution >= 4 is 23.3 Å². The summed E-state index contributed by atoms with van der Waals surface area (Å²) in [5.41, 5.74) is 0.708. The van der Waals surface area contributed by atoms with Gasteiger partial charge in [0.25, 0.3) is 0 Å². The predicted octanol–water partition coefficient (Wildman–Crippen LogP) is 3.16. The molecule has 154 valence electrons. The number of carbonyl (C=O) groups is 2. The number of benzene rings is 2. The Morgan fingerprint density at radius 3 is 2.03 bits per heavy atom. The van der Waals surface area contributed by atoms with Gasteiger partial charge < -0.3 is 15.3 Å². The van der Waals surface area contributed by atoms with E-state index in [0.29, 0.717) is 31.9 Å². The zero-order valence-electron chi connectivity index (χ0n) is 15.4. The first-order valence-corrected chi connectivity index (χ1v) is 9.00. The third-order valence-electron chi connectivity index (χ3n) is 4.71. The van der Waals surface area contributed by atoms with E-state index in [1.54, 1.807) is 0 Å². The standard InChI is InChI=1S/C20H20F3N3O3/c21-20(22,23)15-3-7-17(8-4-15)26-11-9-25(10-12-26)13-18(27)24-16-5-1-14(2-6-16)19(28)29/h1-8H,9-13H2,(H,24,27)(H,28,29). The van der Waals surface area contributed by atoms with Crippen LogP contribution in [0.15, 0.2) is 48.5 Å². The number of piperazine rings is 1. The van der Waals surface area contributed by atoms with Crippen molar-refractivity contribution in [1.82, 2.24) is 4.90 Å². The lowest BCUT2D eigenvalue weighted by Crippen LogP contribution is -2.48. The van der Waals surface area contributed by atoms with E-state index in [1.165, 1.54) is 36.4 Å². The van der Waals surface area contributed by atoms with E-state index in [4.69, 9.17) is 5.11 Å². The van der Waals surface area contributed by atoms with Gasteiger partial charge in [0.05, 0.1) is 17.7 Å². The molecule has 0 unspecified atom stereocenters.